The normalized spacial score (nSPS) is 15.8. The van der Waals surface area contributed by atoms with Gasteiger partial charge < -0.3 is 15.4 Å². The molecule has 9 nitrogen and oxygen atoms in total. The average Bonchev–Trinajstić information content (AvgIpc) is 3.39. The molecule has 1 atom stereocenters. The van der Waals surface area contributed by atoms with Gasteiger partial charge in [0, 0.05) is 24.9 Å². The minimum absolute atomic E-state index is 0.0119. The highest BCUT2D eigenvalue weighted by Gasteiger charge is 2.37. The summed E-state index contributed by atoms with van der Waals surface area (Å²) in [5.41, 5.74) is 7.06. The van der Waals surface area contributed by atoms with Crippen LogP contribution < -0.4 is 10.5 Å². The smallest absolute Gasteiger partial charge is 0.433 e. The monoisotopic (exact) mass is 429 g/mol. The van der Waals surface area contributed by atoms with Crippen LogP contribution >= 0.6 is 0 Å². The molecule has 0 fully saturated rings. The quantitative estimate of drug-likeness (QED) is 0.521. The number of halogens is 3. The standard InChI is InChI=1S/C19H14F3N7O2/c1-28(14-7-31-15-3-16(19(20,21)22)26-4-9(14)15)18(30)10-2-12-11(5-25-10)27-17(23)13-6-24-8-29(12)13/h2-6,8,14H,7H2,1H3,(H2,23,27)/t14-/m1/s1. The summed E-state index contributed by atoms with van der Waals surface area (Å²) in [6.45, 7) is 0.0119. The van der Waals surface area contributed by atoms with E-state index in [1.165, 1.54) is 18.1 Å². The van der Waals surface area contributed by atoms with Crippen LogP contribution in [0.25, 0.3) is 16.6 Å². The van der Waals surface area contributed by atoms with Gasteiger partial charge in [-0.05, 0) is 6.07 Å². The number of nitrogens with zero attached hydrogens (tertiary/aromatic N) is 6. The molecule has 12 heteroatoms. The molecule has 5 heterocycles. The van der Waals surface area contributed by atoms with Crippen LogP contribution in [0.2, 0.25) is 0 Å². The van der Waals surface area contributed by atoms with Crippen molar-refractivity contribution < 1.29 is 22.7 Å². The first-order chi connectivity index (χ1) is 14.7. The summed E-state index contributed by atoms with van der Waals surface area (Å²) in [6.07, 6.45) is 1.06. The highest BCUT2D eigenvalue weighted by molar-refractivity contribution is 5.96. The molecular weight excluding hydrogens is 415 g/mol. The molecule has 1 aliphatic heterocycles. The Kier molecular flexibility index (Phi) is 4.00. The molecule has 1 amide bonds. The molecule has 0 unspecified atom stereocenters. The maximum Gasteiger partial charge on any atom is 0.433 e. The predicted molar refractivity (Wildman–Crippen MR) is 102 cm³/mol. The number of carbonyl (C=O) groups is 1. The van der Waals surface area contributed by atoms with Crippen LogP contribution in [-0.2, 0) is 6.18 Å². The van der Waals surface area contributed by atoms with Gasteiger partial charge in [-0.2, -0.15) is 13.2 Å². The van der Waals surface area contributed by atoms with E-state index in [2.05, 4.69) is 19.9 Å². The lowest BCUT2D eigenvalue weighted by Gasteiger charge is -2.23. The van der Waals surface area contributed by atoms with Crippen molar-refractivity contribution in [2.24, 2.45) is 0 Å². The Labute approximate surface area is 172 Å². The number of fused-ring (bicyclic) bond motifs is 4. The summed E-state index contributed by atoms with van der Waals surface area (Å²) in [5.74, 6) is -0.0972. The lowest BCUT2D eigenvalue weighted by molar-refractivity contribution is -0.141. The Bertz CT molecular complexity index is 1350. The van der Waals surface area contributed by atoms with E-state index in [1.54, 1.807) is 23.0 Å². The number of hydrogen-bond donors (Lipinski definition) is 1. The third-order valence-electron chi connectivity index (χ3n) is 5.21. The van der Waals surface area contributed by atoms with E-state index >= 15 is 0 Å². The molecule has 0 spiro atoms. The predicted octanol–water partition coefficient (Wildman–Crippen LogP) is 2.48. The fraction of sp³-hybridized carbons (Fsp3) is 0.211. The van der Waals surface area contributed by atoms with E-state index in [9.17, 15) is 18.0 Å². The summed E-state index contributed by atoms with van der Waals surface area (Å²) in [5, 5.41) is 0. The van der Waals surface area contributed by atoms with Crippen LogP contribution in [-0.4, -0.2) is 48.8 Å². The molecule has 0 aliphatic carbocycles. The maximum absolute atomic E-state index is 13.1. The summed E-state index contributed by atoms with van der Waals surface area (Å²) >= 11 is 0. The second-order valence-corrected chi connectivity index (χ2v) is 7.05. The summed E-state index contributed by atoms with van der Waals surface area (Å²) < 4.78 is 45.8. The number of ether oxygens (including phenoxy) is 1. The zero-order chi connectivity index (χ0) is 21.9. The van der Waals surface area contributed by atoms with E-state index in [0.717, 1.165) is 12.3 Å². The number of nitrogen functional groups attached to an aromatic ring is 1. The largest absolute Gasteiger partial charge is 0.491 e. The molecule has 4 aromatic heterocycles. The third kappa shape index (κ3) is 2.98. The van der Waals surface area contributed by atoms with Gasteiger partial charge in [-0.15, -0.1) is 0 Å². The molecule has 158 valence electrons. The van der Waals surface area contributed by atoms with Gasteiger partial charge in [0.1, 0.15) is 40.6 Å². The van der Waals surface area contributed by atoms with Crippen LogP contribution in [0.5, 0.6) is 5.75 Å². The zero-order valence-corrected chi connectivity index (χ0v) is 16.0. The van der Waals surface area contributed by atoms with E-state index in [-0.39, 0.29) is 23.9 Å². The number of pyridine rings is 2. The highest BCUT2D eigenvalue weighted by atomic mass is 19.4. The van der Waals surface area contributed by atoms with Gasteiger partial charge >= 0.3 is 6.18 Å². The molecule has 1 aliphatic rings. The van der Waals surface area contributed by atoms with Crippen LogP contribution in [0.1, 0.15) is 27.8 Å². The highest BCUT2D eigenvalue weighted by Crippen LogP contribution is 2.39. The first-order valence-electron chi connectivity index (χ1n) is 9.08. The lowest BCUT2D eigenvalue weighted by Crippen LogP contribution is -2.32. The number of alkyl halides is 3. The topological polar surface area (TPSA) is 112 Å². The number of aromatic nitrogens is 5. The fourth-order valence-electron chi connectivity index (χ4n) is 3.58. The van der Waals surface area contributed by atoms with Crippen LogP contribution in [0.4, 0.5) is 19.0 Å². The van der Waals surface area contributed by atoms with Gasteiger partial charge in [0.05, 0.1) is 30.3 Å². The van der Waals surface area contributed by atoms with Gasteiger partial charge in [0.25, 0.3) is 5.91 Å². The van der Waals surface area contributed by atoms with E-state index in [1.807, 2.05) is 0 Å². The molecule has 0 saturated heterocycles. The van der Waals surface area contributed by atoms with Gasteiger partial charge in [-0.3, -0.25) is 14.2 Å². The van der Waals surface area contributed by atoms with Crippen molar-refractivity contribution in [3.05, 3.63) is 54.0 Å². The molecule has 31 heavy (non-hydrogen) atoms. The minimum atomic E-state index is -4.58. The Morgan fingerprint density at radius 3 is 2.81 bits per heavy atom. The number of hydrogen-bond acceptors (Lipinski definition) is 7. The Balaban J connectivity index is 1.49. The van der Waals surface area contributed by atoms with Crippen molar-refractivity contribution in [3.8, 4) is 5.75 Å². The van der Waals surface area contributed by atoms with Crippen LogP contribution in [0.3, 0.4) is 0 Å². The molecule has 0 saturated carbocycles. The number of rotatable bonds is 2. The number of anilines is 1. The van der Waals surface area contributed by atoms with Gasteiger partial charge in [-0.1, -0.05) is 0 Å². The second-order valence-electron chi connectivity index (χ2n) is 7.05. The average molecular weight is 429 g/mol. The number of carbonyl (C=O) groups excluding carboxylic acids is 1. The minimum Gasteiger partial charge on any atom is -0.491 e. The van der Waals surface area contributed by atoms with Crippen molar-refractivity contribution in [1.82, 2.24) is 29.2 Å². The van der Waals surface area contributed by atoms with Crippen molar-refractivity contribution in [1.29, 1.82) is 0 Å². The first kappa shape index (κ1) is 19.0. The molecule has 5 rings (SSSR count). The van der Waals surface area contributed by atoms with E-state index in [4.69, 9.17) is 10.5 Å². The van der Waals surface area contributed by atoms with Crippen molar-refractivity contribution in [2.75, 3.05) is 19.4 Å². The number of amides is 1. The Hall–Kier alpha value is -3.96. The van der Waals surface area contributed by atoms with Crippen molar-refractivity contribution in [2.45, 2.75) is 12.2 Å². The third-order valence-corrected chi connectivity index (χ3v) is 5.21. The van der Waals surface area contributed by atoms with Crippen LogP contribution in [0.15, 0.2) is 37.1 Å². The fourth-order valence-corrected chi connectivity index (χ4v) is 3.58. The maximum atomic E-state index is 13.1. The number of nitrogens with two attached hydrogens (primary N) is 1. The zero-order valence-electron chi connectivity index (χ0n) is 16.0. The Morgan fingerprint density at radius 2 is 2.03 bits per heavy atom. The van der Waals surface area contributed by atoms with Gasteiger partial charge in [-0.25, -0.2) is 15.0 Å². The van der Waals surface area contributed by atoms with Gasteiger partial charge in [0.2, 0.25) is 0 Å². The van der Waals surface area contributed by atoms with E-state index in [0.29, 0.717) is 22.1 Å². The second kappa shape index (κ2) is 6.52. The lowest BCUT2D eigenvalue weighted by atomic mass is 10.1. The molecule has 0 radical (unpaired) electrons. The molecule has 2 N–H and O–H groups in total. The number of likely N-dealkylation sites (N-methyl/N-ethyl adjacent to an activating group) is 1. The van der Waals surface area contributed by atoms with Crippen LogP contribution in [0, 0.1) is 0 Å². The molecule has 0 aromatic carbocycles. The Morgan fingerprint density at radius 1 is 1.23 bits per heavy atom. The molecule has 0 bridgehead atoms. The molecule has 4 aromatic rings. The SMILES string of the molecule is CN(C(=O)c1cc2c(cn1)nc(N)c1cncn12)[C@@H]1COc2cc(C(F)(F)F)ncc21. The van der Waals surface area contributed by atoms with Crippen molar-refractivity contribution in [3.63, 3.8) is 0 Å². The van der Waals surface area contributed by atoms with Crippen molar-refractivity contribution >= 4 is 28.3 Å². The summed E-state index contributed by atoms with van der Waals surface area (Å²) in [7, 11) is 1.53. The van der Waals surface area contributed by atoms with E-state index < -0.39 is 23.8 Å². The summed E-state index contributed by atoms with van der Waals surface area (Å²) in [4.78, 5) is 30.4. The number of imidazole rings is 1. The molecular formula is C19H14F3N7O2. The first-order valence-corrected chi connectivity index (χ1v) is 9.08. The summed E-state index contributed by atoms with van der Waals surface area (Å²) in [6, 6.07) is 1.80. The van der Waals surface area contributed by atoms with Gasteiger partial charge in [0.15, 0.2) is 0 Å².